The molecule has 7 nitrogen and oxygen atoms in total. The van der Waals surface area contributed by atoms with Crippen LogP contribution in [-0.4, -0.2) is 37.4 Å². The Balaban J connectivity index is 3.23. The highest BCUT2D eigenvalue weighted by molar-refractivity contribution is 7.90. The number of nitro groups is 1. The Morgan fingerprint density at radius 3 is 2.53 bits per heavy atom. The molecule has 0 unspecified atom stereocenters. The summed E-state index contributed by atoms with van der Waals surface area (Å²) in [5.74, 6) is 0. The van der Waals surface area contributed by atoms with Crippen molar-refractivity contribution in [1.82, 2.24) is 0 Å². The topological polar surface area (TPSA) is 110 Å². The molecule has 0 radical (unpaired) electrons. The summed E-state index contributed by atoms with van der Waals surface area (Å²) in [6.45, 7) is 1.66. The number of benzene rings is 1. The maximum absolute atomic E-state index is 11.4. The zero-order chi connectivity index (χ0) is 14.6. The monoisotopic (exact) mass is 288 g/mol. The molecule has 0 aliphatic heterocycles. The molecule has 106 valence electrons. The second-order valence-corrected chi connectivity index (χ2v) is 6.16. The van der Waals surface area contributed by atoms with E-state index in [-0.39, 0.29) is 28.9 Å². The Hall–Kier alpha value is -1.67. The number of nitrogens with zero attached hydrogens (tertiary/aromatic N) is 1. The lowest BCUT2D eigenvalue weighted by atomic mass is 10.2. The number of hydrogen-bond donors (Lipinski definition) is 2. The van der Waals surface area contributed by atoms with Crippen LogP contribution in [0.1, 0.15) is 13.3 Å². The van der Waals surface area contributed by atoms with Crippen molar-refractivity contribution in [2.45, 2.75) is 24.3 Å². The minimum Gasteiger partial charge on any atom is -0.394 e. The average Bonchev–Trinajstić information content (AvgIpc) is 2.34. The molecule has 1 rings (SSSR count). The van der Waals surface area contributed by atoms with Gasteiger partial charge in [0.25, 0.3) is 5.69 Å². The van der Waals surface area contributed by atoms with Gasteiger partial charge in [-0.15, -0.1) is 0 Å². The van der Waals surface area contributed by atoms with E-state index in [0.717, 1.165) is 12.3 Å². The number of hydrogen-bond acceptors (Lipinski definition) is 6. The van der Waals surface area contributed by atoms with Crippen LogP contribution in [0.15, 0.2) is 23.1 Å². The smallest absolute Gasteiger partial charge is 0.293 e. The average molecular weight is 288 g/mol. The lowest BCUT2D eigenvalue weighted by Gasteiger charge is -2.15. The molecule has 2 N–H and O–H groups in total. The van der Waals surface area contributed by atoms with E-state index in [0.29, 0.717) is 6.42 Å². The van der Waals surface area contributed by atoms with Gasteiger partial charge in [0.2, 0.25) is 0 Å². The molecule has 0 bridgehead atoms. The molecule has 19 heavy (non-hydrogen) atoms. The van der Waals surface area contributed by atoms with E-state index >= 15 is 0 Å². The Bertz CT molecular complexity index is 566. The van der Waals surface area contributed by atoms with Crippen LogP contribution < -0.4 is 5.32 Å². The summed E-state index contributed by atoms with van der Waals surface area (Å²) in [5.41, 5.74) is -0.131. The van der Waals surface area contributed by atoms with E-state index in [1.54, 1.807) is 0 Å². The van der Waals surface area contributed by atoms with E-state index in [4.69, 9.17) is 5.11 Å². The molecule has 0 saturated heterocycles. The van der Waals surface area contributed by atoms with Crippen LogP contribution in [0.25, 0.3) is 0 Å². The molecule has 0 aliphatic carbocycles. The van der Waals surface area contributed by atoms with E-state index in [1.807, 2.05) is 6.92 Å². The maximum atomic E-state index is 11.4. The van der Waals surface area contributed by atoms with Gasteiger partial charge in [-0.05, 0) is 18.6 Å². The van der Waals surface area contributed by atoms with Crippen molar-refractivity contribution in [2.75, 3.05) is 18.2 Å². The predicted octanol–water partition coefficient (Wildman–Crippen LogP) is 1.18. The third-order valence-corrected chi connectivity index (χ3v) is 3.78. The molecule has 8 heteroatoms. The van der Waals surface area contributed by atoms with Crippen LogP contribution >= 0.6 is 0 Å². The predicted molar refractivity (Wildman–Crippen MR) is 71.0 cm³/mol. The Morgan fingerprint density at radius 2 is 2.11 bits per heavy atom. The molecular formula is C11H16N2O5S. The molecule has 0 spiro atoms. The van der Waals surface area contributed by atoms with Crippen molar-refractivity contribution in [3.8, 4) is 0 Å². The first kappa shape index (κ1) is 15.4. The van der Waals surface area contributed by atoms with Gasteiger partial charge < -0.3 is 10.4 Å². The standard InChI is InChI=1S/C11H16N2O5S/c1-3-8(7-14)12-10-5-4-9(19(2,17)18)6-11(10)13(15)16/h4-6,8,12,14H,3,7H2,1-2H3/t8-/m1/s1. The van der Waals surface area contributed by atoms with Gasteiger partial charge in [-0.3, -0.25) is 10.1 Å². The summed E-state index contributed by atoms with van der Waals surface area (Å²) < 4.78 is 22.7. The molecule has 0 aliphatic rings. The molecule has 0 aromatic heterocycles. The molecule has 0 saturated carbocycles. The fourth-order valence-corrected chi connectivity index (χ4v) is 2.15. The molecule has 1 atom stereocenters. The Labute approximate surface area is 111 Å². The summed E-state index contributed by atoms with van der Waals surface area (Å²) in [6.07, 6.45) is 1.57. The lowest BCUT2D eigenvalue weighted by Crippen LogP contribution is -2.23. The molecular weight excluding hydrogens is 272 g/mol. The Kier molecular flexibility index (Phi) is 4.84. The number of sulfone groups is 1. The quantitative estimate of drug-likeness (QED) is 0.601. The normalized spacial score (nSPS) is 13.0. The second kappa shape index (κ2) is 5.98. The third-order valence-electron chi connectivity index (χ3n) is 2.67. The number of nitro benzene ring substituents is 1. The van der Waals surface area contributed by atoms with Crippen molar-refractivity contribution >= 4 is 21.2 Å². The highest BCUT2D eigenvalue weighted by Gasteiger charge is 2.20. The summed E-state index contributed by atoms with van der Waals surface area (Å²) in [4.78, 5) is 10.2. The molecule has 1 aromatic rings. The van der Waals surface area contributed by atoms with Crippen molar-refractivity contribution in [2.24, 2.45) is 0 Å². The first-order chi connectivity index (χ1) is 8.79. The highest BCUT2D eigenvalue weighted by atomic mass is 32.2. The summed E-state index contributed by atoms with van der Waals surface area (Å²) >= 11 is 0. The molecule has 0 fully saturated rings. The number of rotatable bonds is 6. The molecule has 0 amide bonds. The van der Waals surface area contributed by atoms with Crippen molar-refractivity contribution < 1.29 is 18.4 Å². The van der Waals surface area contributed by atoms with Crippen LogP contribution in [0, 0.1) is 10.1 Å². The fourth-order valence-electron chi connectivity index (χ4n) is 1.51. The van der Waals surface area contributed by atoms with Crippen LogP contribution in [0.5, 0.6) is 0 Å². The number of nitrogens with one attached hydrogen (secondary N) is 1. The van der Waals surface area contributed by atoms with Gasteiger partial charge in [0.15, 0.2) is 9.84 Å². The van der Waals surface area contributed by atoms with Gasteiger partial charge >= 0.3 is 0 Å². The van der Waals surface area contributed by atoms with Gasteiger partial charge in [-0.1, -0.05) is 6.92 Å². The number of anilines is 1. The SMILES string of the molecule is CC[C@H](CO)Nc1ccc(S(C)(=O)=O)cc1[N+](=O)[O-]. The van der Waals surface area contributed by atoms with Gasteiger partial charge in [0.1, 0.15) is 5.69 Å². The zero-order valence-electron chi connectivity index (χ0n) is 10.7. The van der Waals surface area contributed by atoms with E-state index in [1.165, 1.54) is 12.1 Å². The first-order valence-electron chi connectivity index (χ1n) is 5.65. The van der Waals surface area contributed by atoms with E-state index in [9.17, 15) is 18.5 Å². The Morgan fingerprint density at radius 1 is 1.47 bits per heavy atom. The largest absolute Gasteiger partial charge is 0.394 e. The highest BCUT2D eigenvalue weighted by Crippen LogP contribution is 2.28. The van der Waals surface area contributed by atoms with Gasteiger partial charge in [-0.25, -0.2) is 8.42 Å². The van der Waals surface area contributed by atoms with Gasteiger partial charge in [0, 0.05) is 18.4 Å². The van der Waals surface area contributed by atoms with Gasteiger partial charge in [-0.2, -0.15) is 0 Å². The fraction of sp³-hybridized carbons (Fsp3) is 0.455. The molecule has 0 heterocycles. The lowest BCUT2D eigenvalue weighted by molar-refractivity contribution is -0.384. The zero-order valence-corrected chi connectivity index (χ0v) is 11.5. The van der Waals surface area contributed by atoms with Crippen molar-refractivity contribution in [3.63, 3.8) is 0 Å². The van der Waals surface area contributed by atoms with Crippen LogP contribution in [0.4, 0.5) is 11.4 Å². The number of aliphatic hydroxyl groups excluding tert-OH is 1. The second-order valence-electron chi connectivity index (χ2n) is 4.14. The third kappa shape index (κ3) is 3.90. The minimum absolute atomic E-state index is 0.109. The number of aliphatic hydroxyl groups is 1. The van der Waals surface area contributed by atoms with Crippen LogP contribution in [-0.2, 0) is 9.84 Å². The van der Waals surface area contributed by atoms with E-state index < -0.39 is 14.8 Å². The molecule has 1 aromatic carbocycles. The van der Waals surface area contributed by atoms with Crippen LogP contribution in [0.3, 0.4) is 0 Å². The van der Waals surface area contributed by atoms with Crippen molar-refractivity contribution in [3.05, 3.63) is 28.3 Å². The van der Waals surface area contributed by atoms with Crippen LogP contribution in [0.2, 0.25) is 0 Å². The van der Waals surface area contributed by atoms with E-state index in [2.05, 4.69) is 5.32 Å². The summed E-state index contributed by atoms with van der Waals surface area (Å²) in [7, 11) is -3.50. The summed E-state index contributed by atoms with van der Waals surface area (Å²) in [6, 6.07) is 3.34. The first-order valence-corrected chi connectivity index (χ1v) is 7.54. The van der Waals surface area contributed by atoms with Crippen molar-refractivity contribution in [1.29, 1.82) is 0 Å². The van der Waals surface area contributed by atoms with Gasteiger partial charge in [0.05, 0.1) is 16.4 Å². The summed E-state index contributed by atoms with van der Waals surface area (Å²) in [5, 5.41) is 22.9. The minimum atomic E-state index is -3.50. The maximum Gasteiger partial charge on any atom is 0.293 e.